The maximum Gasteiger partial charge on any atom is 0.151 e. The van der Waals surface area contributed by atoms with E-state index in [1.807, 2.05) is 6.07 Å². The van der Waals surface area contributed by atoms with Crippen molar-refractivity contribution in [2.75, 3.05) is 13.1 Å². The Labute approximate surface area is 107 Å². The number of hydrogen-bond acceptors (Lipinski definition) is 4. The SMILES string of the molecule is Cl.Clc1ccc(CNCC2CCCN2)nn1. The Morgan fingerprint density at radius 3 is 2.94 bits per heavy atom. The highest BCUT2D eigenvalue weighted by atomic mass is 35.5. The van der Waals surface area contributed by atoms with E-state index < -0.39 is 0 Å². The van der Waals surface area contributed by atoms with Gasteiger partial charge in [-0.15, -0.1) is 17.5 Å². The highest BCUT2D eigenvalue weighted by Crippen LogP contribution is 2.04. The first-order valence-corrected chi connectivity index (χ1v) is 5.64. The molecule has 2 rings (SSSR count). The minimum atomic E-state index is 0. The Morgan fingerprint density at radius 2 is 2.31 bits per heavy atom. The maximum absolute atomic E-state index is 5.65. The fraction of sp³-hybridized carbons (Fsp3) is 0.600. The Hall–Kier alpha value is -0.420. The van der Waals surface area contributed by atoms with Crippen LogP contribution in [0.2, 0.25) is 5.15 Å². The molecule has 0 amide bonds. The molecule has 0 saturated carbocycles. The molecule has 6 heteroatoms. The third-order valence-electron chi connectivity index (χ3n) is 2.55. The summed E-state index contributed by atoms with van der Waals surface area (Å²) in [5.41, 5.74) is 0.928. The molecule has 0 radical (unpaired) electrons. The second-order valence-corrected chi connectivity index (χ2v) is 4.16. The van der Waals surface area contributed by atoms with Crippen LogP contribution in [0, 0.1) is 0 Å². The van der Waals surface area contributed by atoms with Gasteiger partial charge in [0.05, 0.1) is 5.69 Å². The summed E-state index contributed by atoms with van der Waals surface area (Å²) < 4.78 is 0. The van der Waals surface area contributed by atoms with Crippen molar-refractivity contribution in [3.8, 4) is 0 Å². The average Bonchev–Trinajstić information content (AvgIpc) is 2.74. The van der Waals surface area contributed by atoms with Crippen LogP contribution in [0.15, 0.2) is 12.1 Å². The van der Waals surface area contributed by atoms with Crippen LogP contribution in [0.4, 0.5) is 0 Å². The lowest BCUT2D eigenvalue weighted by Gasteiger charge is -2.10. The summed E-state index contributed by atoms with van der Waals surface area (Å²) in [7, 11) is 0. The van der Waals surface area contributed by atoms with Crippen LogP contribution in [-0.2, 0) is 6.54 Å². The molecule has 0 bridgehead atoms. The normalized spacial score (nSPS) is 19.4. The third-order valence-corrected chi connectivity index (χ3v) is 2.75. The lowest BCUT2D eigenvalue weighted by molar-refractivity contribution is 0.531. The minimum Gasteiger partial charge on any atom is -0.313 e. The zero-order valence-corrected chi connectivity index (χ0v) is 10.5. The van der Waals surface area contributed by atoms with Gasteiger partial charge in [0.25, 0.3) is 0 Å². The molecule has 1 aromatic heterocycles. The van der Waals surface area contributed by atoms with Crippen molar-refractivity contribution < 1.29 is 0 Å². The highest BCUT2D eigenvalue weighted by Gasteiger charge is 2.12. The molecule has 2 heterocycles. The van der Waals surface area contributed by atoms with Crippen molar-refractivity contribution in [1.82, 2.24) is 20.8 Å². The van der Waals surface area contributed by atoms with Gasteiger partial charge in [0.2, 0.25) is 0 Å². The monoisotopic (exact) mass is 262 g/mol. The number of halogens is 2. The molecule has 1 aromatic rings. The minimum absolute atomic E-state index is 0. The molecule has 1 saturated heterocycles. The van der Waals surface area contributed by atoms with Gasteiger partial charge in [-0.2, -0.15) is 5.10 Å². The number of hydrogen-bond donors (Lipinski definition) is 2. The zero-order valence-electron chi connectivity index (χ0n) is 8.95. The summed E-state index contributed by atoms with van der Waals surface area (Å²) >= 11 is 5.65. The average molecular weight is 263 g/mol. The topological polar surface area (TPSA) is 49.8 Å². The Balaban J connectivity index is 0.00000128. The van der Waals surface area contributed by atoms with E-state index in [4.69, 9.17) is 11.6 Å². The molecular formula is C10H16Cl2N4. The van der Waals surface area contributed by atoms with E-state index in [-0.39, 0.29) is 12.4 Å². The van der Waals surface area contributed by atoms with E-state index in [2.05, 4.69) is 20.8 Å². The van der Waals surface area contributed by atoms with Gasteiger partial charge in [0, 0.05) is 19.1 Å². The second-order valence-electron chi connectivity index (χ2n) is 3.77. The van der Waals surface area contributed by atoms with Gasteiger partial charge >= 0.3 is 0 Å². The number of nitrogens with one attached hydrogen (secondary N) is 2. The van der Waals surface area contributed by atoms with Gasteiger partial charge in [-0.25, -0.2) is 0 Å². The van der Waals surface area contributed by atoms with Gasteiger partial charge in [-0.1, -0.05) is 11.6 Å². The van der Waals surface area contributed by atoms with Crippen LogP contribution in [0.25, 0.3) is 0 Å². The van der Waals surface area contributed by atoms with Crippen LogP contribution in [-0.4, -0.2) is 29.3 Å². The third kappa shape index (κ3) is 4.22. The Kier molecular flexibility index (Phi) is 5.98. The fourth-order valence-corrected chi connectivity index (χ4v) is 1.84. The van der Waals surface area contributed by atoms with Crippen molar-refractivity contribution in [2.24, 2.45) is 0 Å². The second kappa shape index (κ2) is 7.01. The van der Waals surface area contributed by atoms with Crippen LogP contribution in [0.1, 0.15) is 18.5 Å². The molecule has 90 valence electrons. The van der Waals surface area contributed by atoms with Crippen LogP contribution < -0.4 is 10.6 Å². The van der Waals surface area contributed by atoms with Gasteiger partial charge in [-0.05, 0) is 31.5 Å². The van der Waals surface area contributed by atoms with Crippen molar-refractivity contribution in [1.29, 1.82) is 0 Å². The molecule has 1 fully saturated rings. The van der Waals surface area contributed by atoms with E-state index in [9.17, 15) is 0 Å². The molecule has 0 spiro atoms. The van der Waals surface area contributed by atoms with E-state index in [1.165, 1.54) is 12.8 Å². The van der Waals surface area contributed by atoms with Gasteiger partial charge in [0.15, 0.2) is 5.15 Å². The lowest BCUT2D eigenvalue weighted by atomic mass is 10.2. The number of aromatic nitrogens is 2. The van der Waals surface area contributed by atoms with E-state index in [1.54, 1.807) is 6.07 Å². The smallest absolute Gasteiger partial charge is 0.151 e. The molecule has 1 aliphatic heterocycles. The predicted octanol–water partition coefficient (Wildman–Crippen LogP) is 1.39. The van der Waals surface area contributed by atoms with Crippen LogP contribution >= 0.6 is 24.0 Å². The highest BCUT2D eigenvalue weighted by molar-refractivity contribution is 6.29. The van der Waals surface area contributed by atoms with Gasteiger partial charge in [0.1, 0.15) is 0 Å². The van der Waals surface area contributed by atoms with E-state index >= 15 is 0 Å². The Bertz CT molecular complexity index is 298. The molecule has 1 atom stereocenters. The van der Waals surface area contributed by atoms with Crippen LogP contribution in [0.5, 0.6) is 0 Å². The van der Waals surface area contributed by atoms with Crippen molar-refractivity contribution in [3.05, 3.63) is 23.0 Å². The zero-order chi connectivity index (χ0) is 10.5. The fourth-order valence-electron chi connectivity index (χ4n) is 1.74. The van der Waals surface area contributed by atoms with E-state index in [0.717, 1.165) is 25.3 Å². The summed E-state index contributed by atoms with van der Waals surface area (Å²) in [6.45, 7) is 2.89. The first-order chi connectivity index (χ1) is 7.34. The summed E-state index contributed by atoms with van der Waals surface area (Å²) in [6, 6.07) is 4.27. The molecule has 2 N–H and O–H groups in total. The standard InChI is InChI=1S/C10H15ClN4.ClH/c11-10-4-3-9(14-15-10)7-12-6-8-2-1-5-13-8;/h3-4,8,12-13H,1-2,5-7H2;1H. The van der Waals surface area contributed by atoms with Gasteiger partial charge in [-0.3, -0.25) is 0 Å². The van der Waals surface area contributed by atoms with Crippen molar-refractivity contribution in [3.63, 3.8) is 0 Å². The lowest BCUT2D eigenvalue weighted by Crippen LogP contribution is -2.33. The molecule has 4 nitrogen and oxygen atoms in total. The predicted molar refractivity (Wildman–Crippen MR) is 67.0 cm³/mol. The van der Waals surface area contributed by atoms with Crippen molar-refractivity contribution in [2.45, 2.75) is 25.4 Å². The first-order valence-electron chi connectivity index (χ1n) is 5.27. The summed E-state index contributed by atoms with van der Waals surface area (Å²) in [6.07, 6.45) is 2.55. The number of nitrogens with zero attached hydrogens (tertiary/aromatic N) is 2. The first kappa shape index (κ1) is 13.6. The molecule has 16 heavy (non-hydrogen) atoms. The molecule has 0 aromatic carbocycles. The summed E-state index contributed by atoms with van der Waals surface area (Å²) in [4.78, 5) is 0. The summed E-state index contributed by atoms with van der Waals surface area (Å²) in [5.74, 6) is 0. The molecule has 0 aliphatic carbocycles. The summed E-state index contributed by atoms with van der Waals surface area (Å²) in [5, 5.41) is 15.0. The molecule has 1 unspecified atom stereocenters. The van der Waals surface area contributed by atoms with E-state index in [0.29, 0.717) is 11.2 Å². The molecular weight excluding hydrogens is 247 g/mol. The quantitative estimate of drug-likeness (QED) is 0.862. The molecule has 1 aliphatic rings. The number of rotatable bonds is 4. The van der Waals surface area contributed by atoms with Crippen LogP contribution in [0.3, 0.4) is 0 Å². The largest absolute Gasteiger partial charge is 0.313 e. The Morgan fingerprint density at radius 1 is 1.44 bits per heavy atom. The van der Waals surface area contributed by atoms with Gasteiger partial charge < -0.3 is 10.6 Å². The van der Waals surface area contributed by atoms with Crippen molar-refractivity contribution >= 4 is 24.0 Å². The maximum atomic E-state index is 5.65.